The Kier molecular flexibility index (Phi) is 5.18. The predicted molar refractivity (Wildman–Crippen MR) is 78.8 cm³/mol. The van der Waals surface area contributed by atoms with Crippen LogP contribution in [0.2, 0.25) is 0 Å². The van der Waals surface area contributed by atoms with Crippen LogP contribution in [0.3, 0.4) is 0 Å². The van der Waals surface area contributed by atoms with Crippen LogP contribution < -0.4 is 0 Å². The Bertz CT molecular complexity index is 529. The van der Waals surface area contributed by atoms with Gasteiger partial charge in [-0.2, -0.15) is 0 Å². The summed E-state index contributed by atoms with van der Waals surface area (Å²) in [5.41, 5.74) is 0. The average molecular weight is 293 g/mol. The molecular formula is C15H19NO3S. The number of morpholine rings is 1. The zero-order valence-corrected chi connectivity index (χ0v) is 12.6. The fourth-order valence-electron chi connectivity index (χ4n) is 2.05. The molecule has 0 aromatic carbocycles. The molecule has 2 heterocycles. The van der Waals surface area contributed by atoms with Gasteiger partial charge in [-0.25, -0.2) is 0 Å². The molecule has 1 fully saturated rings. The van der Waals surface area contributed by atoms with Crippen LogP contribution in [0.4, 0.5) is 0 Å². The second-order valence-electron chi connectivity index (χ2n) is 4.89. The third-order valence-electron chi connectivity index (χ3n) is 3.13. The molecule has 20 heavy (non-hydrogen) atoms. The summed E-state index contributed by atoms with van der Waals surface area (Å²) in [5, 5.41) is 8.69. The lowest BCUT2D eigenvalue weighted by Gasteiger charge is -2.36. The molecule has 4 nitrogen and oxygen atoms in total. The van der Waals surface area contributed by atoms with Gasteiger partial charge in [-0.3, -0.25) is 4.79 Å². The number of amides is 1. The number of hydrogen-bond donors (Lipinski definition) is 1. The van der Waals surface area contributed by atoms with Gasteiger partial charge in [-0.15, -0.1) is 11.3 Å². The molecule has 1 aromatic heterocycles. The topological polar surface area (TPSA) is 49.8 Å². The molecule has 0 saturated carbocycles. The Morgan fingerprint density at radius 3 is 3.10 bits per heavy atom. The van der Waals surface area contributed by atoms with Crippen molar-refractivity contribution >= 4 is 17.2 Å². The van der Waals surface area contributed by atoms with Crippen molar-refractivity contribution in [3.63, 3.8) is 0 Å². The summed E-state index contributed by atoms with van der Waals surface area (Å²) in [6.07, 6.45) is 0.540. The fraction of sp³-hybridized carbons (Fsp3) is 0.533. The molecule has 108 valence electrons. The maximum Gasteiger partial charge on any atom is 0.264 e. The van der Waals surface area contributed by atoms with E-state index in [4.69, 9.17) is 9.84 Å². The van der Waals surface area contributed by atoms with Crippen LogP contribution >= 0.6 is 11.3 Å². The van der Waals surface area contributed by atoms with E-state index in [1.807, 2.05) is 30.9 Å². The van der Waals surface area contributed by atoms with E-state index in [1.165, 1.54) is 11.3 Å². The monoisotopic (exact) mass is 293 g/mol. The van der Waals surface area contributed by atoms with Crippen molar-refractivity contribution in [1.82, 2.24) is 4.90 Å². The molecule has 2 unspecified atom stereocenters. The molecule has 0 spiro atoms. The van der Waals surface area contributed by atoms with Crippen molar-refractivity contribution in [3.8, 4) is 11.8 Å². The summed E-state index contributed by atoms with van der Waals surface area (Å²) < 4.78 is 5.54. The van der Waals surface area contributed by atoms with Crippen LogP contribution in [0.25, 0.3) is 0 Å². The van der Waals surface area contributed by atoms with Gasteiger partial charge in [0.1, 0.15) is 0 Å². The van der Waals surface area contributed by atoms with Crippen LogP contribution in [0.15, 0.2) is 12.1 Å². The summed E-state index contributed by atoms with van der Waals surface area (Å²) in [6.45, 7) is 5.25. The largest absolute Gasteiger partial charge is 0.395 e. The Hall–Kier alpha value is -1.35. The number of ether oxygens (including phenoxy) is 1. The van der Waals surface area contributed by atoms with E-state index in [1.54, 1.807) is 0 Å². The highest BCUT2D eigenvalue weighted by atomic mass is 32.1. The zero-order chi connectivity index (χ0) is 14.5. The molecule has 1 aromatic rings. The third kappa shape index (κ3) is 3.60. The molecule has 2 rings (SSSR count). The summed E-state index contributed by atoms with van der Waals surface area (Å²) in [6, 6.07) is 3.78. The molecule has 2 atom stereocenters. The van der Waals surface area contributed by atoms with Gasteiger partial charge in [-0.1, -0.05) is 11.8 Å². The second-order valence-corrected chi connectivity index (χ2v) is 5.97. The summed E-state index contributed by atoms with van der Waals surface area (Å²) in [7, 11) is 0. The summed E-state index contributed by atoms with van der Waals surface area (Å²) >= 11 is 1.40. The van der Waals surface area contributed by atoms with E-state index >= 15 is 0 Å². The highest BCUT2D eigenvalue weighted by molar-refractivity contribution is 7.14. The lowest BCUT2D eigenvalue weighted by Crippen LogP contribution is -2.50. The quantitative estimate of drug-likeness (QED) is 0.845. The van der Waals surface area contributed by atoms with Crippen molar-refractivity contribution in [3.05, 3.63) is 21.9 Å². The van der Waals surface area contributed by atoms with Crippen molar-refractivity contribution in [1.29, 1.82) is 0 Å². The van der Waals surface area contributed by atoms with Gasteiger partial charge in [0.25, 0.3) is 5.91 Å². The maximum absolute atomic E-state index is 12.5. The lowest BCUT2D eigenvalue weighted by molar-refractivity contribution is -0.0385. The Morgan fingerprint density at radius 1 is 1.55 bits per heavy atom. The minimum Gasteiger partial charge on any atom is -0.395 e. The zero-order valence-electron chi connectivity index (χ0n) is 11.8. The Balaban J connectivity index is 2.07. The molecule has 1 aliphatic heterocycles. The minimum absolute atomic E-state index is 0.0489. The number of aliphatic hydroxyl groups is 1. The van der Waals surface area contributed by atoms with Crippen LogP contribution in [-0.4, -0.2) is 47.8 Å². The van der Waals surface area contributed by atoms with Crippen LogP contribution in [0, 0.1) is 11.8 Å². The molecular weight excluding hydrogens is 274 g/mol. The van der Waals surface area contributed by atoms with Gasteiger partial charge in [0.05, 0.1) is 35.1 Å². The first-order valence-corrected chi connectivity index (χ1v) is 7.55. The van der Waals surface area contributed by atoms with Crippen LogP contribution in [0.1, 0.15) is 34.8 Å². The molecule has 1 N–H and O–H groups in total. The number of carbonyl (C=O) groups is 1. The van der Waals surface area contributed by atoms with Crippen molar-refractivity contribution in [2.24, 2.45) is 0 Å². The highest BCUT2D eigenvalue weighted by Gasteiger charge is 2.28. The van der Waals surface area contributed by atoms with E-state index in [0.717, 1.165) is 4.88 Å². The van der Waals surface area contributed by atoms with E-state index in [2.05, 4.69) is 11.8 Å². The van der Waals surface area contributed by atoms with Gasteiger partial charge in [-0.05, 0) is 26.0 Å². The first-order chi connectivity index (χ1) is 9.61. The van der Waals surface area contributed by atoms with Crippen molar-refractivity contribution in [2.45, 2.75) is 32.4 Å². The van der Waals surface area contributed by atoms with E-state index in [9.17, 15) is 4.79 Å². The maximum atomic E-state index is 12.5. The molecule has 1 saturated heterocycles. The minimum atomic E-state index is 0.0489. The molecule has 1 aliphatic rings. The normalized spacial score (nSPS) is 22.2. The SMILES string of the molecule is CC1CN(C(=O)c2ccc(C#CCCO)s2)C(C)CO1. The van der Waals surface area contributed by atoms with E-state index in [-0.39, 0.29) is 24.7 Å². The van der Waals surface area contributed by atoms with Crippen molar-refractivity contribution in [2.75, 3.05) is 19.8 Å². The number of thiophene rings is 1. The van der Waals surface area contributed by atoms with Crippen molar-refractivity contribution < 1.29 is 14.6 Å². The highest BCUT2D eigenvalue weighted by Crippen LogP contribution is 2.21. The number of nitrogens with zero attached hydrogens (tertiary/aromatic N) is 1. The van der Waals surface area contributed by atoms with Gasteiger partial charge < -0.3 is 14.7 Å². The number of hydrogen-bond acceptors (Lipinski definition) is 4. The van der Waals surface area contributed by atoms with E-state index < -0.39 is 0 Å². The molecule has 1 amide bonds. The molecule has 0 bridgehead atoms. The third-order valence-corrected chi connectivity index (χ3v) is 4.12. The first-order valence-electron chi connectivity index (χ1n) is 6.74. The fourth-order valence-corrected chi connectivity index (χ4v) is 2.89. The summed E-state index contributed by atoms with van der Waals surface area (Å²) in [5.74, 6) is 5.87. The lowest BCUT2D eigenvalue weighted by atomic mass is 10.2. The van der Waals surface area contributed by atoms with Crippen LogP contribution in [0.5, 0.6) is 0 Å². The summed E-state index contributed by atoms with van der Waals surface area (Å²) in [4.78, 5) is 15.9. The first kappa shape index (κ1) is 15.0. The molecule has 5 heteroatoms. The van der Waals surface area contributed by atoms with Crippen LogP contribution in [-0.2, 0) is 4.74 Å². The van der Waals surface area contributed by atoms with Gasteiger partial charge in [0.15, 0.2) is 0 Å². The number of rotatable bonds is 2. The number of aliphatic hydroxyl groups excluding tert-OH is 1. The second kappa shape index (κ2) is 6.89. The predicted octanol–water partition coefficient (Wildman–Crippen LogP) is 1.73. The molecule has 0 radical (unpaired) electrons. The Labute approximate surface area is 123 Å². The van der Waals surface area contributed by atoms with Gasteiger partial charge in [0.2, 0.25) is 0 Å². The number of carbonyl (C=O) groups excluding carboxylic acids is 1. The van der Waals surface area contributed by atoms with Gasteiger partial charge in [0, 0.05) is 13.0 Å². The standard InChI is InChI=1S/C15H19NO3S/c1-11-10-19-12(2)9-16(11)15(18)14-7-6-13(20-14)5-3-4-8-17/h6-7,11-12,17H,4,8-10H2,1-2H3. The Morgan fingerprint density at radius 2 is 2.35 bits per heavy atom. The molecule has 0 aliphatic carbocycles. The van der Waals surface area contributed by atoms with E-state index in [0.29, 0.717) is 24.4 Å². The smallest absolute Gasteiger partial charge is 0.264 e. The van der Waals surface area contributed by atoms with Gasteiger partial charge >= 0.3 is 0 Å². The average Bonchev–Trinajstić information content (AvgIpc) is 2.90.